The second-order valence-corrected chi connectivity index (χ2v) is 4.31. The summed E-state index contributed by atoms with van der Waals surface area (Å²) < 4.78 is 14.1. The highest BCUT2D eigenvalue weighted by molar-refractivity contribution is 9.10. The SMILES string of the molecule is CC(=O)NCCNCc1ccc(Br)cc1F. The van der Waals surface area contributed by atoms with Crippen LogP contribution in [0.1, 0.15) is 12.5 Å². The van der Waals surface area contributed by atoms with Crippen LogP contribution in [0.5, 0.6) is 0 Å². The van der Waals surface area contributed by atoms with Gasteiger partial charge in [0.1, 0.15) is 5.82 Å². The van der Waals surface area contributed by atoms with Crippen LogP contribution in [-0.2, 0) is 11.3 Å². The molecule has 16 heavy (non-hydrogen) atoms. The van der Waals surface area contributed by atoms with Gasteiger partial charge in [0.2, 0.25) is 5.91 Å². The Labute approximate surface area is 103 Å². The van der Waals surface area contributed by atoms with Crippen molar-refractivity contribution in [2.45, 2.75) is 13.5 Å². The molecule has 0 atom stereocenters. The molecule has 0 fully saturated rings. The van der Waals surface area contributed by atoms with E-state index in [0.717, 1.165) is 4.47 Å². The quantitative estimate of drug-likeness (QED) is 0.812. The van der Waals surface area contributed by atoms with Crippen molar-refractivity contribution in [3.8, 4) is 0 Å². The van der Waals surface area contributed by atoms with Gasteiger partial charge in [-0.2, -0.15) is 0 Å². The zero-order valence-electron chi connectivity index (χ0n) is 9.02. The van der Waals surface area contributed by atoms with E-state index in [1.54, 1.807) is 12.1 Å². The zero-order valence-corrected chi connectivity index (χ0v) is 10.6. The highest BCUT2D eigenvalue weighted by atomic mass is 79.9. The summed E-state index contributed by atoms with van der Waals surface area (Å²) in [6, 6.07) is 4.96. The van der Waals surface area contributed by atoms with Gasteiger partial charge < -0.3 is 10.6 Å². The Hall–Kier alpha value is -0.940. The van der Waals surface area contributed by atoms with Crippen molar-refractivity contribution < 1.29 is 9.18 Å². The number of hydrogen-bond acceptors (Lipinski definition) is 2. The van der Waals surface area contributed by atoms with Gasteiger partial charge in [0.05, 0.1) is 0 Å². The van der Waals surface area contributed by atoms with Gasteiger partial charge in [-0.25, -0.2) is 4.39 Å². The molecule has 0 saturated heterocycles. The third-order valence-electron chi connectivity index (χ3n) is 2.01. The second-order valence-electron chi connectivity index (χ2n) is 3.40. The number of benzene rings is 1. The molecule has 1 aromatic rings. The van der Waals surface area contributed by atoms with E-state index >= 15 is 0 Å². The van der Waals surface area contributed by atoms with E-state index in [1.165, 1.54) is 13.0 Å². The molecule has 5 heteroatoms. The van der Waals surface area contributed by atoms with E-state index in [2.05, 4.69) is 26.6 Å². The molecule has 0 saturated carbocycles. The Balaban J connectivity index is 2.29. The lowest BCUT2D eigenvalue weighted by Gasteiger charge is -2.06. The largest absolute Gasteiger partial charge is 0.355 e. The van der Waals surface area contributed by atoms with Crippen LogP contribution in [0.25, 0.3) is 0 Å². The Morgan fingerprint density at radius 3 is 2.81 bits per heavy atom. The number of carbonyl (C=O) groups is 1. The molecule has 3 nitrogen and oxygen atoms in total. The van der Waals surface area contributed by atoms with E-state index in [9.17, 15) is 9.18 Å². The topological polar surface area (TPSA) is 41.1 Å². The van der Waals surface area contributed by atoms with Crippen LogP contribution < -0.4 is 10.6 Å². The van der Waals surface area contributed by atoms with E-state index in [0.29, 0.717) is 25.2 Å². The first-order valence-corrected chi connectivity index (χ1v) is 5.78. The summed E-state index contributed by atoms with van der Waals surface area (Å²) >= 11 is 3.20. The smallest absolute Gasteiger partial charge is 0.216 e. The van der Waals surface area contributed by atoms with Crippen LogP contribution in [0, 0.1) is 5.82 Å². The van der Waals surface area contributed by atoms with Gasteiger partial charge in [-0.05, 0) is 12.1 Å². The number of nitrogens with one attached hydrogen (secondary N) is 2. The molecule has 0 aliphatic rings. The Kier molecular flexibility index (Phi) is 5.42. The van der Waals surface area contributed by atoms with Crippen molar-refractivity contribution in [2.24, 2.45) is 0 Å². The lowest BCUT2D eigenvalue weighted by Crippen LogP contribution is -2.30. The fourth-order valence-electron chi connectivity index (χ4n) is 1.22. The first-order chi connectivity index (χ1) is 7.59. The van der Waals surface area contributed by atoms with Gasteiger partial charge in [0.15, 0.2) is 0 Å². The minimum absolute atomic E-state index is 0.0587. The molecule has 0 heterocycles. The summed E-state index contributed by atoms with van der Waals surface area (Å²) in [5, 5.41) is 5.70. The summed E-state index contributed by atoms with van der Waals surface area (Å²) in [5.74, 6) is -0.293. The van der Waals surface area contributed by atoms with Crippen molar-refractivity contribution in [2.75, 3.05) is 13.1 Å². The van der Waals surface area contributed by atoms with Crippen molar-refractivity contribution in [1.82, 2.24) is 10.6 Å². The summed E-state index contributed by atoms with van der Waals surface area (Å²) in [6.07, 6.45) is 0. The molecule has 0 aromatic heterocycles. The van der Waals surface area contributed by atoms with Crippen LogP contribution >= 0.6 is 15.9 Å². The van der Waals surface area contributed by atoms with Crippen molar-refractivity contribution in [3.63, 3.8) is 0 Å². The lowest BCUT2D eigenvalue weighted by atomic mass is 10.2. The van der Waals surface area contributed by atoms with Crippen LogP contribution in [-0.4, -0.2) is 19.0 Å². The molecule has 0 radical (unpaired) electrons. The number of carbonyl (C=O) groups excluding carboxylic acids is 1. The van der Waals surface area contributed by atoms with Gasteiger partial charge in [-0.3, -0.25) is 4.79 Å². The Bertz CT molecular complexity index is 371. The maximum Gasteiger partial charge on any atom is 0.216 e. The van der Waals surface area contributed by atoms with Gasteiger partial charge in [0, 0.05) is 36.6 Å². The van der Waals surface area contributed by atoms with Gasteiger partial charge in [-0.1, -0.05) is 22.0 Å². The molecule has 1 rings (SSSR count). The summed E-state index contributed by atoms with van der Waals surface area (Å²) in [7, 11) is 0. The van der Waals surface area contributed by atoms with Crippen molar-refractivity contribution in [3.05, 3.63) is 34.1 Å². The Morgan fingerprint density at radius 2 is 2.19 bits per heavy atom. The molecule has 0 unspecified atom stereocenters. The molecule has 0 aliphatic heterocycles. The number of amides is 1. The number of rotatable bonds is 5. The predicted molar refractivity (Wildman–Crippen MR) is 64.5 cm³/mol. The van der Waals surface area contributed by atoms with E-state index in [-0.39, 0.29) is 11.7 Å². The molecule has 2 N–H and O–H groups in total. The summed E-state index contributed by atoms with van der Waals surface area (Å²) in [4.78, 5) is 10.6. The molecular weight excluding hydrogens is 275 g/mol. The van der Waals surface area contributed by atoms with Gasteiger partial charge in [0.25, 0.3) is 0 Å². The summed E-state index contributed by atoms with van der Waals surface area (Å²) in [5.41, 5.74) is 0.617. The average Bonchev–Trinajstić information content (AvgIpc) is 2.20. The predicted octanol–water partition coefficient (Wildman–Crippen LogP) is 1.81. The number of hydrogen-bond donors (Lipinski definition) is 2. The molecule has 1 amide bonds. The third kappa shape index (κ3) is 4.72. The average molecular weight is 289 g/mol. The zero-order chi connectivity index (χ0) is 12.0. The number of halogens is 2. The fourth-order valence-corrected chi connectivity index (χ4v) is 1.55. The normalized spacial score (nSPS) is 10.2. The monoisotopic (exact) mass is 288 g/mol. The summed E-state index contributed by atoms with van der Waals surface area (Å²) in [6.45, 7) is 3.09. The molecular formula is C11H14BrFN2O. The first-order valence-electron chi connectivity index (χ1n) is 4.98. The minimum atomic E-state index is -0.235. The van der Waals surface area contributed by atoms with E-state index in [1.807, 2.05) is 0 Å². The Morgan fingerprint density at radius 1 is 1.44 bits per heavy atom. The molecule has 88 valence electrons. The molecule has 0 aliphatic carbocycles. The second kappa shape index (κ2) is 6.60. The maximum absolute atomic E-state index is 13.3. The van der Waals surface area contributed by atoms with Crippen LogP contribution in [0.3, 0.4) is 0 Å². The first kappa shape index (κ1) is 13.1. The van der Waals surface area contributed by atoms with Crippen molar-refractivity contribution in [1.29, 1.82) is 0 Å². The minimum Gasteiger partial charge on any atom is -0.355 e. The van der Waals surface area contributed by atoms with Crippen LogP contribution in [0.2, 0.25) is 0 Å². The van der Waals surface area contributed by atoms with Crippen LogP contribution in [0.15, 0.2) is 22.7 Å². The molecule has 0 spiro atoms. The van der Waals surface area contributed by atoms with Gasteiger partial charge in [-0.15, -0.1) is 0 Å². The van der Waals surface area contributed by atoms with Crippen molar-refractivity contribution >= 4 is 21.8 Å². The fraction of sp³-hybridized carbons (Fsp3) is 0.364. The highest BCUT2D eigenvalue weighted by Crippen LogP contribution is 2.14. The molecule has 1 aromatic carbocycles. The molecule has 0 bridgehead atoms. The third-order valence-corrected chi connectivity index (χ3v) is 2.50. The van der Waals surface area contributed by atoms with Crippen LogP contribution in [0.4, 0.5) is 4.39 Å². The standard InChI is InChI=1S/C11H14BrFN2O/c1-8(16)15-5-4-14-7-9-2-3-10(12)6-11(9)13/h2-3,6,14H,4-5,7H2,1H3,(H,15,16). The van der Waals surface area contributed by atoms with Gasteiger partial charge >= 0.3 is 0 Å². The van der Waals surface area contributed by atoms with E-state index in [4.69, 9.17) is 0 Å². The lowest BCUT2D eigenvalue weighted by molar-refractivity contribution is -0.118. The maximum atomic E-state index is 13.3. The highest BCUT2D eigenvalue weighted by Gasteiger charge is 2.01. The van der Waals surface area contributed by atoms with E-state index < -0.39 is 0 Å².